The Hall–Kier alpha value is -3.27. The molecule has 2 aromatic rings. The van der Waals surface area contributed by atoms with Gasteiger partial charge < -0.3 is 24.8 Å². The maximum Gasteiger partial charge on any atom is 0.408 e. The van der Waals surface area contributed by atoms with Crippen LogP contribution in [-0.2, 0) is 13.1 Å². The van der Waals surface area contributed by atoms with Crippen LogP contribution in [0.1, 0.15) is 67.9 Å². The first-order valence-corrected chi connectivity index (χ1v) is 13.0. The van der Waals surface area contributed by atoms with E-state index in [1.807, 2.05) is 20.8 Å². The monoisotopic (exact) mass is 548 g/mol. The van der Waals surface area contributed by atoms with Crippen LogP contribution >= 0.6 is 11.6 Å². The molecule has 2 N–H and O–H groups in total. The molecule has 9 nitrogen and oxygen atoms in total. The van der Waals surface area contributed by atoms with Crippen LogP contribution in [0.4, 0.5) is 15.0 Å². The molecule has 0 saturated heterocycles. The van der Waals surface area contributed by atoms with Gasteiger partial charge in [0.1, 0.15) is 16.7 Å². The normalized spacial score (nSPS) is 19.2. The number of aromatic nitrogens is 1. The summed E-state index contributed by atoms with van der Waals surface area (Å²) in [6, 6.07) is 4.56. The average molecular weight is 549 g/mol. The molecule has 2 atom stereocenters. The van der Waals surface area contributed by atoms with Crippen molar-refractivity contribution in [3.63, 3.8) is 0 Å². The summed E-state index contributed by atoms with van der Waals surface area (Å²) in [4.78, 5) is 32.5. The number of hydrogen-bond donors (Lipinski definition) is 2. The first-order valence-electron chi connectivity index (χ1n) is 12.6. The van der Waals surface area contributed by atoms with Crippen molar-refractivity contribution in [1.29, 1.82) is 0 Å². The van der Waals surface area contributed by atoms with Crippen LogP contribution in [0, 0.1) is 5.82 Å². The molecule has 1 aliphatic carbocycles. The van der Waals surface area contributed by atoms with Crippen LogP contribution in [0.15, 0.2) is 18.2 Å². The number of hydrogen-bond acceptors (Lipinski definition) is 6. The maximum atomic E-state index is 15.8. The van der Waals surface area contributed by atoms with Crippen molar-refractivity contribution >= 4 is 29.4 Å². The van der Waals surface area contributed by atoms with E-state index in [1.54, 1.807) is 25.3 Å². The molecule has 1 saturated carbocycles. The fourth-order valence-electron chi connectivity index (χ4n) is 5.47. The number of carbonyl (C=O) groups is 2. The van der Waals surface area contributed by atoms with Crippen molar-refractivity contribution in [2.45, 2.75) is 77.2 Å². The summed E-state index contributed by atoms with van der Waals surface area (Å²) < 4.78 is 26.5. The van der Waals surface area contributed by atoms with E-state index in [1.165, 1.54) is 16.9 Å². The highest BCUT2D eigenvalue weighted by atomic mass is 35.5. The van der Waals surface area contributed by atoms with Crippen molar-refractivity contribution in [2.75, 3.05) is 19.5 Å². The van der Waals surface area contributed by atoms with Crippen LogP contribution in [0.2, 0.25) is 5.15 Å². The molecule has 2 aliphatic rings. The standard InChI is InChI=1S/C27H34ClFN4O5/c1-27(2,3)33(26(35)36)19-9-7-6-8-18(19)30-24-22(29)17-14-32(25(34)21(17)23(28)31-24)13-15-10-11-16(37-4)12-20(15)38-5/h10-12,18-19H,6-9,13-14H2,1-5H3,(H,30,31)(H,35,36)/t18-,19-/m1/s1. The zero-order valence-electron chi connectivity index (χ0n) is 22.3. The second-order valence-corrected chi connectivity index (χ2v) is 11.0. The largest absolute Gasteiger partial charge is 0.497 e. The summed E-state index contributed by atoms with van der Waals surface area (Å²) in [6.07, 6.45) is 2.04. The summed E-state index contributed by atoms with van der Waals surface area (Å²) in [5, 5.41) is 13.0. The molecular weight excluding hydrogens is 515 g/mol. The van der Waals surface area contributed by atoms with E-state index in [4.69, 9.17) is 21.1 Å². The Morgan fingerprint density at radius 3 is 2.61 bits per heavy atom. The molecule has 1 fully saturated rings. The van der Waals surface area contributed by atoms with Gasteiger partial charge in [-0.2, -0.15) is 0 Å². The minimum Gasteiger partial charge on any atom is -0.497 e. The van der Waals surface area contributed by atoms with Crippen LogP contribution in [-0.4, -0.2) is 63.7 Å². The van der Waals surface area contributed by atoms with E-state index < -0.39 is 23.4 Å². The smallest absolute Gasteiger partial charge is 0.408 e. The molecule has 2 heterocycles. The van der Waals surface area contributed by atoms with Gasteiger partial charge in [0.2, 0.25) is 0 Å². The summed E-state index contributed by atoms with van der Waals surface area (Å²) >= 11 is 6.44. The van der Waals surface area contributed by atoms with Gasteiger partial charge in [0.15, 0.2) is 11.6 Å². The lowest BCUT2D eigenvalue weighted by Crippen LogP contribution is -2.58. The third-order valence-electron chi connectivity index (χ3n) is 7.21. The van der Waals surface area contributed by atoms with Crippen molar-refractivity contribution in [1.82, 2.24) is 14.8 Å². The van der Waals surface area contributed by atoms with E-state index in [2.05, 4.69) is 10.3 Å². The molecule has 1 aromatic carbocycles. The third-order valence-corrected chi connectivity index (χ3v) is 7.48. The number of methoxy groups -OCH3 is 2. The number of carbonyl (C=O) groups excluding carboxylic acids is 1. The molecule has 0 unspecified atom stereocenters. The van der Waals surface area contributed by atoms with Gasteiger partial charge in [0.05, 0.1) is 32.4 Å². The minimum atomic E-state index is -1.02. The number of ether oxygens (including phenoxy) is 2. The Balaban J connectivity index is 1.60. The number of anilines is 1. The van der Waals surface area contributed by atoms with E-state index in [-0.39, 0.29) is 47.3 Å². The number of rotatable bonds is 7. The summed E-state index contributed by atoms with van der Waals surface area (Å²) in [6.45, 7) is 5.73. The summed E-state index contributed by atoms with van der Waals surface area (Å²) in [5.41, 5.74) is 0.316. The first kappa shape index (κ1) is 27.8. The molecule has 1 aromatic heterocycles. The summed E-state index contributed by atoms with van der Waals surface area (Å²) in [5.74, 6) is 0.0292. The Morgan fingerprint density at radius 2 is 1.97 bits per heavy atom. The van der Waals surface area contributed by atoms with Gasteiger partial charge >= 0.3 is 6.09 Å². The van der Waals surface area contributed by atoms with Crippen molar-refractivity contribution in [3.8, 4) is 11.5 Å². The SMILES string of the molecule is COc1ccc(CN2Cc3c(F)c(N[C@@H]4CCCC[C@H]4N(C(=O)O)C(C)(C)C)nc(Cl)c3C2=O)c(OC)c1. The molecular formula is C27H34ClFN4O5. The van der Waals surface area contributed by atoms with E-state index in [0.717, 1.165) is 18.4 Å². The molecule has 2 amide bonds. The van der Waals surface area contributed by atoms with Gasteiger partial charge in [0.25, 0.3) is 5.91 Å². The number of nitrogens with one attached hydrogen (secondary N) is 1. The highest BCUT2D eigenvalue weighted by Crippen LogP contribution is 2.37. The number of benzene rings is 1. The quantitative estimate of drug-likeness (QED) is 0.437. The maximum absolute atomic E-state index is 15.8. The fourth-order valence-corrected chi connectivity index (χ4v) is 5.75. The van der Waals surface area contributed by atoms with Crippen molar-refractivity contribution in [3.05, 3.63) is 45.9 Å². The topological polar surface area (TPSA) is 104 Å². The number of pyridine rings is 1. The first-order chi connectivity index (χ1) is 18.0. The Kier molecular flexibility index (Phi) is 7.92. The third kappa shape index (κ3) is 5.32. The van der Waals surface area contributed by atoms with Gasteiger partial charge in [0, 0.05) is 35.3 Å². The van der Waals surface area contributed by atoms with Gasteiger partial charge in [-0.3, -0.25) is 9.69 Å². The molecule has 0 radical (unpaired) electrons. The van der Waals surface area contributed by atoms with Gasteiger partial charge in [-0.25, -0.2) is 14.2 Å². The van der Waals surface area contributed by atoms with Crippen LogP contribution < -0.4 is 14.8 Å². The highest BCUT2D eigenvalue weighted by Gasteiger charge is 2.40. The number of carboxylic acid groups (broad SMARTS) is 1. The molecule has 1 aliphatic heterocycles. The minimum absolute atomic E-state index is 0.0173. The Labute approximate surface area is 226 Å². The van der Waals surface area contributed by atoms with Gasteiger partial charge in [-0.15, -0.1) is 0 Å². The van der Waals surface area contributed by atoms with Crippen molar-refractivity contribution in [2.24, 2.45) is 0 Å². The van der Waals surface area contributed by atoms with Crippen LogP contribution in [0.3, 0.4) is 0 Å². The van der Waals surface area contributed by atoms with Crippen LogP contribution in [0.5, 0.6) is 11.5 Å². The number of fused-ring (bicyclic) bond motifs is 1. The van der Waals surface area contributed by atoms with Gasteiger partial charge in [-0.05, 0) is 45.7 Å². The number of amides is 2. The summed E-state index contributed by atoms with van der Waals surface area (Å²) in [7, 11) is 3.08. The van der Waals surface area contributed by atoms with Crippen molar-refractivity contribution < 1.29 is 28.6 Å². The number of halogens is 2. The van der Waals surface area contributed by atoms with Crippen LogP contribution in [0.25, 0.3) is 0 Å². The zero-order chi connectivity index (χ0) is 27.8. The lowest BCUT2D eigenvalue weighted by molar-refractivity contribution is 0.0519. The zero-order valence-corrected chi connectivity index (χ0v) is 23.1. The molecule has 38 heavy (non-hydrogen) atoms. The lowest BCUT2D eigenvalue weighted by atomic mass is 9.86. The number of nitrogens with zero attached hydrogens (tertiary/aromatic N) is 3. The Bertz CT molecular complexity index is 1230. The molecule has 0 spiro atoms. The molecule has 11 heteroatoms. The van der Waals surface area contributed by atoms with Gasteiger partial charge in [-0.1, -0.05) is 24.4 Å². The average Bonchev–Trinajstić information content (AvgIpc) is 3.19. The molecule has 4 rings (SSSR count). The molecule has 0 bridgehead atoms. The van der Waals surface area contributed by atoms with E-state index in [9.17, 15) is 14.7 Å². The van der Waals surface area contributed by atoms with E-state index >= 15 is 4.39 Å². The predicted octanol–water partition coefficient (Wildman–Crippen LogP) is 5.55. The highest BCUT2D eigenvalue weighted by molar-refractivity contribution is 6.33. The predicted molar refractivity (Wildman–Crippen MR) is 142 cm³/mol. The second kappa shape index (κ2) is 10.8. The lowest BCUT2D eigenvalue weighted by Gasteiger charge is -2.45. The molecule has 206 valence electrons. The van der Waals surface area contributed by atoms with E-state index in [0.29, 0.717) is 24.3 Å². The second-order valence-electron chi connectivity index (χ2n) is 10.7. The fraction of sp³-hybridized carbons (Fsp3) is 0.519. The Morgan fingerprint density at radius 1 is 1.26 bits per heavy atom.